The molecule has 0 saturated heterocycles. The molecule has 2 aromatic heterocycles. The first-order valence-electron chi connectivity index (χ1n) is 9.36. The highest BCUT2D eigenvalue weighted by molar-refractivity contribution is 6.08. The van der Waals surface area contributed by atoms with E-state index in [-0.39, 0.29) is 23.3 Å². The molecule has 0 atom stereocenters. The van der Waals surface area contributed by atoms with E-state index in [0.717, 1.165) is 24.2 Å². The molecule has 28 heavy (non-hydrogen) atoms. The number of carbonyl (C=O) groups is 2. The van der Waals surface area contributed by atoms with Crippen molar-refractivity contribution >= 4 is 23.0 Å². The Kier molecular flexibility index (Phi) is 4.83. The number of hydrogen-bond acceptors (Lipinski definition) is 4. The van der Waals surface area contributed by atoms with Gasteiger partial charge in [0.1, 0.15) is 0 Å². The summed E-state index contributed by atoms with van der Waals surface area (Å²) in [5, 5.41) is 2.88. The number of rotatable bonds is 5. The summed E-state index contributed by atoms with van der Waals surface area (Å²) in [6, 6.07) is 13.4. The third-order valence-electron chi connectivity index (χ3n) is 4.93. The number of nitrogens with one attached hydrogen (secondary N) is 1. The first-order valence-corrected chi connectivity index (χ1v) is 9.36. The topological polar surface area (TPSA) is 70.0 Å². The molecule has 1 N–H and O–H groups in total. The van der Waals surface area contributed by atoms with Crippen LogP contribution in [0.2, 0.25) is 0 Å². The Labute approximate surface area is 163 Å². The smallest absolute Gasteiger partial charge is 0.294 e. The second kappa shape index (κ2) is 7.44. The Morgan fingerprint density at radius 3 is 2.75 bits per heavy atom. The van der Waals surface area contributed by atoms with Gasteiger partial charge < -0.3 is 15.1 Å². The lowest BCUT2D eigenvalue weighted by atomic mass is 10.2. The summed E-state index contributed by atoms with van der Waals surface area (Å²) in [7, 11) is 3.89. The van der Waals surface area contributed by atoms with Crippen LogP contribution in [-0.4, -0.2) is 59.8 Å². The number of fused-ring (bicyclic) bond motifs is 2. The highest BCUT2D eigenvalue weighted by Crippen LogP contribution is 2.29. The van der Waals surface area contributed by atoms with Gasteiger partial charge >= 0.3 is 0 Å². The molecule has 0 unspecified atom stereocenters. The molecule has 0 radical (unpaired) electrons. The van der Waals surface area contributed by atoms with Gasteiger partial charge in [-0.05, 0) is 44.3 Å². The number of amides is 2. The van der Waals surface area contributed by atoms with Crippen LogP contribution in [0.3, 0.4) is 0 Å². The number of para-hydroxylation sites is 1. The van der Waals surface area contributed by atoms with Gasteiger partial charge in [0.2, 0.25) is 5.82 Å². The average molecular weight is 377 g/mol. The number of pyridine rings is 1. The number of imidazole rings is 1. The van der Waals surface area contributed by atoms with Crippen LogP contribution in [0.1, 0.15) is 26.7 Å². The van der Waals surface area contributed by atoms with E-state index in [2.05, 4.69) is 10.3 Å². The quantitative estimate of drug-likeness (QED) is 0.737. The summed E-state index contributed by atoms with van der Waals surface area (Å²) in [6.07, 6.45) is 2.59. The van der Waals surface area contributed by atoms with Crippen LogP contribution in [0.25, 0.3) is 5.52 Å². The second-order valence-electron chi connectivity index (χ2n) is 7.13. The zero-order chi connectivity index (χ0) is 19.7. The van der Waals surface area contributed by atoms with Gasteiger partial charge in [-0.25, -0.2) is 4.98 Å². The first kappa shape index (κ1) is 18.2. The van der Waals surface area contributed by atoms with Gasteiger partial charge in [0, 0.05) is 31.5 Å². The van der Waals surface area contributed by atoms with Gasteiger partial charge in [-0.15, -0.1) is 0 Å². The van der Waals surface area contributed by atoms with Gasteiger partial charge in [-0.1, -0.05) is 24.3 Å². The van der Waals surface area contributed by atoms with Gasteiger partial charge in [0.05, 0.1) is 5.52 Å². The van der Waals surface area contributed by atoms with E-state index in [4.69, 9.17) is 0 Å². The van der Waals surface area contributed by atoms with Crippen molar-refractivity contribution in [3.8, 4) is 0 Å². The van der Waals surface area contributed by atoms with Crippen molar-refractivity contribution in [2.45, 2.75) is 6.42 Å². The number of likely N-dealkylation sites (N-methyl/N-ethyl adjacent to an activating group) is 1. The first-order chi connectivity index (χ1) is 13.6. The van der Waals surface area contributed by atoms with Crippen LogP contribution < -0.4 is 10.2 Å². The number of anilines is 1. The molecule has 0 spiro atoms. The Bertz CT molecular complexity index is 1040. The van der Waals surface area contributed by atoms with E-state index in [1.54, 1.807) is 15.5 Å². The molecule has 3 heterocycles. The molecule has 1 aliphatic heterocycles. The standard InChI is InChI=1S/C21H23N5O2/c1-24(2)14-11-22-20(27)18-17-9-5-6-12-25(17)19(23-18)21(28)26-13-10-15-7-3-4-8-16(15)26/h3-9,12H,10-11,13-14H2,1-2H3,(H,22,27). The number of hydrogen-bond donors (Lipinski definition) is 1. The molecule has 7 heteroatoms. The van der Waals surface area contributed by atoms with E-state index < -0.39 is 0 Å². The van der Waals surface area contributed by atoms with Crippen molar-refractivity contribution in [1.29, 1.82) is 0 Å². The maximum absolute atomic E-state index is 13.3. The Balaban J connectivity index is 1.67. The molecule has 3 aromatic rings. The van der Waals surface area contributed by atoms with Crippen molar-refractivity contribution in [1.82, 2.24) is 19.6 Å². The van der Waals surface area contributed by atoms with Crippen LogP contribution in [0.4, 0.5) is 5.69 Å². The van der Waals surface area contributed by atoms with Gasteiger partial charge in [-0.2, -0.15) is 0 Å². The normalized spacial score (nSPS) is 13.2. The van der Waals surface area contributed by atoms with E-state index in [0.29, 0.717) is 18.6 Å². The predicted octanol–water partition coefficient (Wildman–Crippen LogP) is 1.83. The second-order valence-corrected chi connectivity index (χ2v) is 7.13. The predicted molar refractivity (Wildman–Crippen MR) is 108 cm³/mol. The minimum atomic E-state index is -0.272. The highest BCUT2D eigenvalue weighted by Gasteiger charge is 2.29. The monoisotopic (exact) mass is 377 g/mol. The molecular weight excluding hydrogens is 354 g/mol. The molecule has 4 rings (SSSR count). The van der Waals surface area contributed by atoms with Crippen molar-refractivity contribution in [3.63, 3.8) is 0 Å². The fourth-order valence-corrected chi connectivity index (χ4v) is 3.50. The van der Waals surface area contributed by atoms with Crippen molar-refractivity contribution < 1.29 is 9.59 Å². The third kappa shape index (κ3) is 3.25. The maximum atomic E-state index is 13.3. The Morgan fingerprint density at radius 2 is 1.93 bits per heavy atom. The summed E-state index contributed by atoms with van der Waals surface area (Å²) in [5.74, 6) is -0.213. The number of aromatic nitrogens is 2. The van der Waals surface area contributed by atoms with E-state index in [1.165, 1.54) is 0 Å². The zero-order valence-corrected chi connectivity index (χ0v) is 16.1. The summed E-state index contributed by atoms with van der Waals surface area (Å²) < 4.78 is 1.70. The fraction of sp³-hybridized carbons (Fsp3) is 0.286. The minimum Gasteiger partial charge on any atom is -0.349 e. The maximum Gasteiger partial charge on any atom is 0.294 e. The number of nitrogens with zero attached hydrogens (tertiary/aromatic N) is 4. The molecule has 2 amide bonds. The van der Waals surface area contributed by atoms with Crippen molar-refractivity contribution in [2.24, 2.45) is 0 Å². The van der Waals surface area contributed by atoms with E-state index >= 15 is 0 Å². The third-order valence-corrected chi connectivity index (χ3v) is 4.93. The number of benzene rings is 1. The van der Waals surface area contributed by atoms with E-state index in [9.17, 15) is 9.59 Å². The van der Waals surface area contributed by atoms with Crippen LogP contribution in [-0.2, 0) is 6.42 Å². The van der Waals surface area contributed by atoms with Crippen LogP contribution in [0.5, 0.6) is 0 Å². The van der Waals surface area contributed by atoms with E-state index in [1.807, 2.05) is 61.5 Å². The summed E-state index contributed by atoms with van der Waals surface area (Å²) in [4.78, 5) is 34.1. The average Bonchev–Trinajstić information content (AvgIpc) is 3.29. The molecule has 144 valence electrons. The molecule has 1 aliphatic rings. The lowest BCUT2D eigenvalue weighted by Crippen LogP contribution is -2.32. The molecule has 0 bridgehead atoms. The van der Waals surface area contributed by atoms with Crippen molar-refractivity contribution in [3.05, 3.63) is 65.7 Å². The number of carbonyl (C=O) groups excluding carboxylic acids is 2. The molecule has 0 fully saturated rings. The van der Waals surface area contributed by atoms with Crippen LogP contribution >= 0.6 is 0 Å². The van der Waals surface area contributed by atoms with Crippen LogP contribution in [0.15, 0.2) is 48.7 Å². The zero-order valence-electron chi connectivity index (χ0n) is 16.1. The van der Waals surface area contributed by atoms with Crippen molar-refractivity contribution in [2.75, 3.05) is 38.6 Å². The summed E-state index contributed by atoms with van der Waals surface area (Å²) >= 11 is 0. The van der Waals surface area contributed by atoms with Gasteiger partial charge in [0.25, 0.3) is 11.8 Å². The van der Waals surface area contributed by atoms with Gasteiger partial charge in [0.15, 0.2) is 5.69 Å². The minimum absolute atomic E-state index is 0.196. The summed E-state index contributed by atoms with van der Waals surface area (Å²) in [5.41, 5.74) is 2.96. The molecular formula is C21H23N5O2. The molecule has 0 aliphatic carbocycles. The van der Waals surface area contributed by atoms with Crippen LogP contribution in [0, 0.1) is 0 Å². The molecule has 1 aromatic carbocycles. The summed E-state index contributed by atoms with van der Waals surface area (Å²) in [6.45, 7) is 1.86. The Morgan fingerprint density at radius 1 is 1.14 bits per heavy atom. The molecule has 0 saturated carbocycles. The Hall–Kier alpha value is -3.19. The molecule has 7 nitrogen and oxygen atoms in total. The lowest BCUT2D eigenvalue weighted by Gasteiger charge is -2.16. The SMILES string of the molecule is CN(C)CCNC(=O)c1nc(C(=O)N2CCc3ccccc32)n2ccccc12. The highest BCUT2D eigenvalue weighted by atomic mass is 16.2. The largest absolute Gasteiger partial charge is 0.349 e. The fourth-order valence-electron chi connectivity index (χ4n) is 3.50. The van der Waals surface area contributed by atoms with Gasteiger partial charge in [-0.3, -0.25) is 14.0 Å². The lowest BCUT2D eigenvalue weighted by molar-refractivity contribution is 0.0948.